The van der Waals surface area contributed by atoms with E-state index in [-0.39, 0.29) is 36.0 Å². The molecule has 8 nitrogen and oxygen atoms in total. The highest BCUT2D eigenvalue weighted by Gasteiger charge is 2.59. The number of ether oxygens (including phenoxy) is 2. The van der Waals surface area contributed by atoms with E-state index >= 15 is 0 Å². The molecule has 10 heteroatoms. The number of fused-ring (bicyclic) bond motifs is 3. The average molecular weight is 728 g/mol. The standard InChI is InChI=1S/C41H46ClNO7Si/c1-6-26(21-27-18-19-29(44)23-34(27)42)17-20-35-36-28(22-32-37(33(36)25-49-35)39(46)43(38(32)45)40(47)48-5)24-50-51(41(2,3)4,30-13-9-7-10-14-30)31-15-11-8-12-16-31/h7-16,18-19,21,23,32-33,35,37,44H,6,17,20,22,24-25H2,1-5H3/b26-21+/t32-,33+,35-,37-/m1/s1. The number of carbonyl (C=O) groups is 3. The van der Waals surface area contributed by atoms with Gasteiger partial charge in [-0.1, -0.05) is 112 Å². The van der Waals surface area contributed by atoms with Gasteiger partial charge in [-0.3, -0.25) is 9.59 Å². The van der Waals surface area contributed by atoms with E-state index in [9.17, 15) is 19.5 Å². The molecule has 1 aliphatic carbocycles. The zero-order valence-electron chi connectivity index (χ0n) is 29.9. The number of rotatable bonds is 10. The van der Waals surface area contributed by atoms with Crippen LogP contribution < -0.4 is 10.4 Å². The molecule has 0 saturated carbocycles. The number of allylic oxidation sites excluding steroid dienone is 1. The quantitative estimate of drug-likeness (QED) is 0.133. The Morgan fingerprint density at radius 3 is 2.22 bits per heavy atom. The summed E-state index contributed by atoms with van der Waals surface area (Å²) >= 11 is 6.44. The van der Waals surface area contributed by atoms with Crippen molar-refractivity contribution in [3.63, 3.8) is 0 Å². The molecule has 51 heavy (non-hydrogen) atoms. The van der Waals surface area contributed by atoms with Crippen LogP contribution in [0.25, 0.3) is 6.08 Å². The number of imide groups is 3. The van der Waals surface area contributed by atoms with Crippen molar-refractivity contribution in [3.05, 3.63) is 106 Å². The second-order valence-corrected chi connectivity index (χ2v) is 19.4. The summed E-state index contributed by atoms with van der Waals surface area (Å²) in [5.74, 6) is -2.70. The van der Waals surface area contributed by atoms with Gasteiger partial charge in [-0.15, -0.1) is 0 Å². The smallest absolute Gasteiger partial charge is 0.423 e. The minimum Gasteiger partial charge on any atom is -0.508 e. The maximum absolute atomic E-state index is 13.8. The van der Waals surface area contributed by atoms with Crippen molar-refractivity contribution in [1.29, 1.82) is 0 Å². The van der Waals surface area contributed by atoms with Crippen molar-refractivity contribution >= 4 is 54.3 Å². The molecule has 2 saturated heterocycles. The number of hydrogen-bond acceptors (Lipinski definition) is 7. The summed E-state index contributed by atoms with van der Waals surface area (Å²) < 4.78 is 18.8. The van der Waals surface area contributed by atoms with Crippen molar-refractivity contribution in [2.24, 2.45) is 17.8 Å². The molecule has 0 bridgehead atoms. The minimum absolute atomic E-state index is 0.113. The molecule has 0 unspecified atom stereocenters. The van der Waals surface area contributed by atoms with Gasteiger partial charge in [0.2, 0.25) is 11.8 Å². The van der Waals surface area contributed by atoms with E-state index in [0.29, 0.717) is 29.2 Å². The van der Waals surface area contributed by atoms with E-state index < -0.39 is 38.1 Å². The molecule has 4 atom stereocenters. The van der Waals surface area contributed by atoms with Crippen LogP contribution in [0.15, 0.2) is 95.6 Å². The largest absolute Gasteiger partial charge is 0.508 e. The number of phenolic OH excluding ortho intramolecular Hbond substituents is 1. The van der Waals surface area contributed by atoms with Crippen molar-refractivity contribution in [2.75, 3.05) is 20.3 Å². The van der Waals surface area contributed by atoms with E-state index in [1.807, 2.05) is 36.4 Å². The van der Waals surface area contributed by atoms with Crippen LogP contribution in [0.5, 0.6) is 5.75 Å². The molecule has 3 aromatic carbocycles. The lowest BCUT2D eigenvalue weighted by molar-refractivity contribution is -0.137. The van der Waals surface area contributed by atoms with E-state index in [1.54, 1.807) is 12.1 Å². The third-order valence-electron chi connectivity index (χ3n) is 10.8. The van der Waals surface area contributed by atoms with Gasteiger partial charge in [0.1, 0.15) is 5.75 Å². The van der Waals surface area contributed by atoms with Gasteiger partial charge in [0.15, 0.2) is 0 Å². The van der Waals surface area contributed by atoms with Crippen molar-refractivity contribution in [3.8, 4) is 5.75 Å². The molecule has 2 fully saturated rings. The van der Waals surface area contributed by atoms with Gasteiger partial charge in [-0.2, -0.15) is 4.90 Å². The summed E-state index contributed by atoms with van der Waals surface area (Å²) in [5, 5.41) is 12.3. The molecule has 6 rings (SSSR count). The predicted octanol–water partition coefficient (Wildman–Crippen LogP) is 7.28. The highest BCUT2D eigenvalue weighted by molar-refractivity contribution is 6.99. The van der Waals surface area contributed by atoms with Gasteiger partial charge in [0, 0.05) is 5.92 Å². The zero-order valence-corrected chi connectivity index (χ0v) is 31.6. The van der Waals surface area contributed by atoms with Crippen LogP contribution in [0.4, 0.5) is 4.79 Å². The minimum atomic E-state index is -2.95. The van der Waals surface area contributed by atoms with Crippen molar-refractivity contribution in [1.82, 2.24) is 4.90 Å². The number of hydrogen-bond donors (Lipinski definition) is 1. The van der Waals surface area contributed by atoms with Crippen LogP contribution >= 0.6 is 11.6 Å². The second-order valence-electron chi connectivity index (χ2n) is 14.7. The van der Waals surface area contributed by atoms with Crippen LogP contribution in [0.2, 0.25) is 10.1 Å². The summed E-state index contributed by atoms with van der Waals surface area (Å²) in [6.07, 6.45) is 3.27. The number of methoxy groups -OCH3 is 1. The fraction of sp³-hybridized carbons (Fsp3) is 0.390. The van der Waals surface area contributed by atoms with Crippen LogP contribution in [-0.4, -0.2) is 62.7 Å². The van der Waals surface area contributed by atoms with Crippen LogP contribution in [0, 0.1) is 17.8 Å². The third-order valence-corrected chi connectivity index (χ3v) is 16.1. The topological polar surface area (TPSA) is 102 Å². The van der Waals surface area contributed by atoms with Crippen molar-refractivity contribution < 1.29 is 33.4 Å². The first kappa shape index (κ1) is 36.8. The maximum atomic E-state index is 13.8. The average Bonchev–Trinajstić information content (AvgIpc) is 3.65. The number of amides is 3. The Hall–Kier alpha value is -4.02. The Bertz CT molecular complexity index is 1810. The molecule has 0 spiro atoms. The highest BCUT2D eigenvalue weighted by Crippen LogP contribution is 2.50. The predicted molar refractivity (Wildman–Crippen MR) is 200 cm³/mol. The van der Waals surface area contributed by atoms with E-state index in [1.165, 1.54) is 13.2 Å². The van der Waals surface area contributed by atoms with E-state index in [0.717, 1.165) is 39.1 Å². The number of benzene rings is 3. The summed E-state index contributed by atoms with van der Waals surface area (Å²) in [7, 11) is -1.77. The first-order valence-electron chi connectivity index (χ1n) is 17.6. The van der Waals surface area contributed by atoms with E-state index in [2.05, 4.69) is 58.0 Å². The molecular weight excluding hydrogens is 682 g/mol. The Balaban J connectivity index is 1.39. The zero-order chi connectivity index (χ0) is 36.5. The fourth-order valence-electron chi connectivity index (χ4n) is 8.35. The Morgan fingerprint density at radius 2 is 1.65 bits per heavy atom. The highest BCUT2D eigenvalue weighted by atomic mass is 35.5. The molecule has 3 aliphatic rings. The number of carbonyl (C=O) groups excluding carboxylic acids is 3. The molecule has 2 heterocycles. The monoisotopic (exact) mass is 727 g/mol. The van der Waals surface area contributed by atoms with Crippen LogP contribution in [0.3, 0.4) is 0 Å². The number of halogens is 1. The lowest BCUT2D eigenvalue weighted by atomic mass is 9.69. The van der Waals surface area contributed by atoms with Gasteiger partial charge in [-0.05, 0) is 76.0 Å². The van der Waals surface area contributed by atoms with Gasteiger partial charge >= 0.3 is 6.09 Å². The van der Waals surface area contributed by atoms with Gasteiger partial charge in [0.05, 0.1) is 43.3 Å². The lowest BCUT2D eigenvalue weighted by Crippen LogP contribution is -2.66. The number of aromatic hydroxyl groups is 1. The fourth-order valence-corrected chi connectivity index (χ4v) is 13.1. The molecule has 2 aliphatic heterocycles. The molecule has 3 aromatic rings. The van der Waals surface area contributed by atoms with Gasteiger partial charge in [-0.25, -0.2) is 4.79 Å². The van der Waals surface area contributed by atoms with Crippen LogP contribution in [0.1, 0.15) is 58.9 Å². The summed E-state index contributed by atoms with van der Waals surface area (Å²) in [6.45, 7) is 9.31. The number of phenols is 1. The summed E-state index contributed by atoms with van der Waals surface area (Å²) in [5.41, 5.74) is 3.97. The number of likely N-dealkylation sites (tertiary alicyclic amines) is 1. The Morgan fingerprint density at radius 1 is 1.00 bits per heavy atom. The van der Waals surface area contributed by atoms with E-state index in [4.69, 9.17) is 25.5 Å². The summed E-state index contributed by atoms with van der Waals surface area (Å²) in [4.78, 5) is 40.8. The molecule has 3 amide bonds. The lowest BCUT2D eigenvalue weighted by Gasteiger charge is -2.44. The second kappa shape index (κ2) is 14.9. The molecule has 0 radical (unpaired) electrons. The molecule has 1 N–H and O–H groups in total. The Labute approximate surface area is 306 Å². The van der Waals surface area contributed by atoms with Gasteiger partial charge in [0.25, 0.3) is 8.32 Å². The normalized spacial score (nSPS) is 22.3. The Kier molecular flexibility index (Phi) is 10.7. The molecule has 0 aromatic heterocycles. The van der Waals surface area contributed by atoms with Gasteiger partial charge < -0.3 is 19.0 Å². The van der Waals surface area contributed by atoms with Crippen molar-refractivity contribution in [2.45, 2.75) is 64.5 Å². The third kappa shape index (κ3) is 6.84. The summed E-state index contributed by atoms with van der Waals surface area (Å²) in [6, 6.07) is 25.8. The first-order valence-corrected chi connectivity index (χ1v) is 19.9. The molecular formula is C41H46ClNO7Si. The maximum Gasteiger partial charge on any atom is 0.423 e. The number of nitrogens with zero attached hydrogens (tertiary/aromatic N) is 1. The molecule has 268 valence electrons. The first-order chi connectivity index (χ1) is 24.4. The SMILES string of the molecule is CC/C(=C\c1ccc(O)cc1Cl)CC[C@H]1OC[C@H]2C1=C(CO[Si](c1ccccc1)(c1ccccc1)C(C)(C)C)C[C@H]1C(=O)N(C(=O)OC)C(=O)[C@H]12. The van der Waals surface area contributed by atoms with Crippen LogP contribution in [-0.2, 0) is 23.5 Å².